The number of thiazole rings is 1. The van der Waals surface area contributed by atoms with Gasteiger partial charge in [-0.2, -0.15) is 13.2 Å². The summed E-state index contributed by atoms with van der Waals surface area (Å²) in [6.07, 6.45) is -0.818. The van der Waals surface area contributed by atoms with Crippen LogP contribution in [0.4, 0.5) is 18.9 Å². The summed E-state index contributed by atoms with van der Waals surface area (Å²) in [4.78, 5) is 17.6. The lowest BCUT2D eigenvalue weighted by Gasteiger charge is -2.15. The number of nitrogens with zero attached hydrogens (tertiary/aromatic N) is 1. The van der Waals surface area contributed by atoms with E-state index in [1.807, 2.05) is 36.6 Å². The highest BCUT2D eigenvalue weighted by Gasteiger charge is 2.30. The molecule has 184 valence electrons. The number of benzene rings is 3. The zero-order chi connectivity index (χ0) is 25.3. The van der Waals surface area contributed by atoms with E-state index in [0.717, 1.165) is 42.1 Å². The van der Waals surface area contributed by atoms with Crippen LogP contribution in [0.3, 0.4) is 0 Å². The van der Waals surface area contributed by atoms with Crippen molar-refractivity contribution < 1.29 is 18.0 Å². The maximum atomic E-state index is 13.3. The van der Waals surface area contributed by atoms with Crippen molar-refractivity contribution in [2.24, 2.45) is 0 Å². The number of amides is 1. The zero-order valence-electron chi connectivity index (χ0n) is 19.5. The number of carbonyl (C=O) groups is 1. The number of hydrogen-bond acceptors (Lipinski definition) is 4. The van der Waals surface area contributed by atoms with Gasteiger partial charge in [0.15, 0.2) is 0 Å². The number of halogens is 3. The first-order chi connectivity index (χ1) is 17.3. The van der Waals surface area contributed by atoms with Crippen molar-refractivity contribution in [1.82, 2.24) is 10.3 Å². The first-order valence-electron chi connectivity index (χ1n) is 11.6. The fraction of sp³-hybridized carbons (Fsp3) is 0.214. The average molecular weight is 508 g/mol. The van der Waals surface area contributed by atoms with Crippen molar-refractivity contribution in [3.05, 3.63) is 105 Å². The van der Waals surface area contributed by atoms with E-state index in [2.05, 4.69) is 15.6 Å². The second-order valence-corrected chi connectivity index (χ2v) is 9.90. The van der Waals surface area contributed by atoms with Gasteiger partial charge in [0, 0.05) is 35.4 Å². The molecule has 8 heteroatoms. The number of aromatic nitrogens is 1. The molecule has 5 rings (SSSR count). The second kappa shape index (κ2) is 9.87. The highest BCUT2D eigenvalue weighted by molar-refractivity contribution is 7.09. The summed E-state index contributed by atoms with van der Waals surface area (Å²) in [7, 11) is 0. The van der Waals surface area contributed by atoms with Gasteiger partial charge in [0.1, 0.15) is 5.01 Å². The van der Waals surface area contributed by atoms with Gasteiger partial charge in [-0.25, -0.2) is 4.98 Å². The topological polar surface area (TPSA) is 54.0 Å². The minimum Gasteiger partial charge on any atom is -0.322 e. The van der Waals surface area contributed by atoms with Crippen molar-refractivity contribution in [1.29, 1.82) is 0 Å². The van der Waals surface area contributed by atoms with E-state index in [0.29, 0.717) is 28.4 Å². The number of aryl methyl sites for hydroxylation is 1. The van der Waals surface area contributed by atoms with Crippen molar-refractivity contribution >= 4 is 22.9 Å². The summed E-state index contributed by atoms with van der Waals surface area (Å²) >= 11 is 1.63. The van der Waals surface area contributed by atoms with Crippen LogP contribution in [-0.2, 0) is 25.6 Å². The number of carbonyl (C=O) groups excluding carboxylic acids is 1. The molecule has 0 spiro atoms. The second-order valence-electron chi connectivity index (χ2n) is 8.92. The van der Waals surface area contributed by atoms with E-state index in [4.69, 9.17) is 0 Å². The summed E-state index contributed by atoms with van der Waals surface area (Å²) in [5, 5.41) is 9.56. The zero-order valence-corrected chi connectivity index (χ0v) is 20.3. The Morgan fingerprint density at radius 2 is 1.83 bits per heavy atom. The SMILES string of the molecule is Cc1cccc(C(=O)Nc2ccc3c(c2)C[C@@H](NCc2nccs2)C3)c1-c1ccc(C(F)(F)F)cc1. The Morgan fingerprint density at radius 1 is 1.06 bits per heavy atom. The predicted molar refractivity (Wildman–Crippen MR) is 136 cm³/mol. The van der Waals surface area contributed by atoms with Gasteiger partial charge >= 0.3 is 6.18 Å². The molecule has 4 nitrogen and oxygen atoms in total. The minimum atomic E-state index is -4.41. The lowest BCUT2D eigenvalue weighted by Crippen LogP contribution is -2.28. The van der Waals surface area contributed by atoms with Gasteiger partial charge in [0.25, 0.3) is 5.91 Å². The maximum absolute atomic E-state index is 13.3. The largest absolute Gasteiger partial charge is 0.416 e. The molecule has 1 aliphatic rings. The average Bonchev–Trinajstić information content (AvgIpc) is 3.51. The summed E-state index contributed by atoms with van der Waals surface area (Å²) in [5.74, 6) is -0.301. The quantitative estimate of drug-likeness (QED) is 0.307. The van der Waals surface area contributed by atoms with Gasteiger partial charge in [0.05, 0.1) is 5.56 Å². The van der Waals surface area contributed by atoms with Crippen LogP contribution in [0.1, 0.15) is 37.6 Å². The highest BCUT2D eigenvalue weighted by atomic mass is 32.1. The van der Waals surface area contributed by atoms with Crippen molar-refractivity contribution in [2.75, 3.05) is 5.32 Å². The number of nitrogens with one attached hydrogen (secondary N) is 2. The van der Waals surface area contributed by atoms with Crippen LogP contribution in [0.5, 0.6) is 0 Å². The molecule has 1 heterocycles. The summed E-state index contributed by atoms with van der Waals surface area (Å²) in [6, 6.07) is 16.5. The molecule has 1 amide bonds. The molecule has 36 heavy (non-hydrogen) atoms. The lowest BCUT2D eigenvalue weighted by atomic mass is 9.93. The molecule has 4 aromatic rings. The molecule has 0 bridgehead atoms. The van der Waals surface area contributed by atoms with Crippen LogP contribution < -0.4 is 10.6 Å². The van der Waals surface area contributed by atoms with Gasteiger partial charge < -0.3 is 10.6 Å². The van der Waals surface area contributed by atoms with E-state index in [9.17, 15) is 18.0 Å². The van der Waals surface area contributed by atoms with E-state index in [-0.39, 0.29) is 5.91 Å². The summed E-state index contributed by atoms with van der Waals surface area (Å²) < 4.78 is 39.0. The number of rotatable bonds is 6. The Labute approximate surface area is 211 Å². The summed E-state index contributed by atoms with van der Waals surface area (Å²) in [5.41, 5.74) is 4.83. The Morgan fingerprint density at radius 3 is 2.56 bits per heavy atom. The Balaban J connectivity index is 1.32. The fourth-order valence-corrected chi connectivity index (χ4v) is 5.24. The van der Waals surface area contributed by atoms with E-state index in [1.54, 1.807) is 29.7 Å². The number of alkyl halides is 3. The molecule has 0 saturated heterocycles. The molecule has 1 aliphatic carbocycles. The van der Waals surface area contributed by atoms with Gasteiger partial charge in [0.2, 0.25) is 0 Å². The van der Waals surface area contributed by atoms with Crippen LogP contribution in [-0.4, -0.2) is 16.9 Å². The van der Waals surface area contributed by atoms with Gasteiger partial charge in [-0.3, -0.25) is 4.79 Å². The van der Waals surface area contributed by atoms with E-state index >= 15 is 0 Å². The fourth-order valence-electron chi connectivity index (χ4n) is 4.68. The molecule has 1 aromatic heterocycles. The Bertz CT molecular complexity index is 1380. The first kappa shape index (κ1) is 24.2. The number of hydrogen-bond donors (Lipinski definition) is 2. The van der Waals surface area contributed by atoms with Crippen molar-refractivity contribution in [3.8, 4) is 11.1 Å². The number of fused-ring (bicyclic) bond motifs is 1. The normalized spacial score (nSPS) is 15.1. The van der Waals surface area contributed by atoms with Crippen LogP contribution >= 0.6 is 11.3 Å². The smallest absolute Gasteiger partial charge is 0.322 e. The monoisotopic (exact) mass is 507 g/mol. The molecule has 0 radical (unpaired) electrons. The molecule has 0 unspecified atom stereocenters. The minimum absolute atomic E-state index is 0.301. The highest BCUT2D eigenvalue weighted by Crippen LogP contribution is 2.34. The molecule has 0 saturated carbocycles. The van der Waals surface area contributed by atoms with Crippen LogP contribution in [0.15, 0.2) is 72.2 Å². The molecule has 0 fully saturated rings. The molecule has 1 atom stereocenters. The third-order valence-corrected chi connectivity index (χ3v) is 7.22. The molecule has 0 aliphatic heterocycles. The van der Waals surface area contributed by atoms with Crippen LogP contribution in [0.2, 0.25) is 0 Å². The van der Waals surface area contributed by atoms with Crippen molar-refractivity contribution in [3.63, 3.8) is 0 Å². The number of anilines is 1. The van der Waals surface area contributed by atoms with Gasteiger partial charge in [-0.1, -0.05) is 30.3 Å². The lowest BCUT2D eigenvalue weighted by molar-refractivity contribution is -0.137. The van der Waals surface area contributed by atoms with Crippen LogP contribution in [0.25, 0.3) is 11.1 Å². The first-order valence-corrected chi connectivity index (χ1v) is 12.5. The molecular weight excluding hydrogens is 483 g/mol. The van der Waals surface area contributed by atoms with Crippen molar-refractivity contribution in [2.45, 2.75) is 38.5 Å². The van der Waals surface area contributed by atoms with Crippen LogP contribution in [0, 0.1) is 6.92 Å². The van der Waals surface area contributed by atoms with Gasteiger partial charge in [-0.05, 0) is 77.9 Å². The molecule has 3 aromatic carbocycles. The van der Waals surface area contributed by atoms with Gasteiger partial charge in [-0.15, -0.1) is 11.3 Å². The standard InChI is InChI=1S/C28H24F3N3OS/c1-17-3-2-4-24(26(17)18-5-8-21(9-6-18)28(29,30)31)27(35)34-22-10-7-19-13-23(15-20(19)14-22)33-16-25-32-11-12-36-25/h2-12,14,23,33H,13,15-16H2,1H3,(H,34,35)/t23-/m0/s1. The molecule has 2 N–H and O–H groups in total. The molecular formula is C28H24F3N3OS. The van der Waals surface area contributed by atoms with E-state index < -0.39 is 11.7 Å². The summed E-state index contributed by atoms with van der Waals surface area (Å²) in [6.45, 7) is 2.58. The Kier molecular flexibility index (Phi) is 6.64. The van der Waals surface area contributed by atoms with E-state index in [1.165, 1.54) is 23.3 Å². The Hall–Kier alpha value is -3.49. The predicted octanol–water partition coefficient (Wildman–Crippen LogP) is 6.65. The maximum Gasteiger partial charge on any atom is 0.416 e. The third kappa shape index (κ3) is 5.20. The third-order valence-electron chi connectivity index (χ3n) is 6.44.